The molecule has 0 aliphatic heterocycles. The number of aromatic nitrogens is 1. The molecule has 2 heterocycles. The predicted molar refractivity (Wildman–Crippen MR) is 55.1 cm³/mol. The van der Waals surface area contributed by atoms with Gasteiger partial charge in [-0.05, 0) is 13.0 Å². The highest BCUT2D eigenvalue weighted by molar-refractivity contribution is 7.19. The molecule has 0 bridgehead atoms. The fourth-order valence-electron chi connectivity index (χ4n) is 1.46. The lowest BCUT2D eigenvalue weighted by molar-refractivity contribution is 0.471. The normalized spacial score (nSPS) is 13.8. The summed E-state index contributed by atoms with van der Waals surface area (Å²) in [5.74, 6) is 0.336. The molecule has 2 aromatic heterocycles. The molecule has 2 rings (SSSR count). The van der Waals surface area contributed by atoms with Crippen molar-refractivity contribution in [3.05, 3.63) is 17.1 Å². The molecular weight excluding hydrogens is 184 g/mol. The number of nitrogens with two attached hydrogens (primary N) is 1. The summed E-state index contributed by atoms with van der Waals surface area (Å²) in [4.78, 5) is 0.862. The number of aromatic hydroxyl groups is 1. The summed E-state index contributed by atoms with van der Waals surface area (Å²) < 4.78 is 3.00. The Morgan fingerprint density at radius 2 is 2.31 bits per heavy atom. The summed E-state index contributed by atoms with van der Waals surface area (Å²) in [5, 5.41) is 9.84. The van der Waals surface area contributed by atoms with Crippen molar-refractivity contribution in [2.24, 2.45) is 12.8 Å². The zero-order chi connectivity index (χ0) is 9.59. The first-order chi connectivity index (χ1) is 6.11. The summed E-state index contributed by atoms with van der Waals surface area (Å²) in [6, 6.07) is 1.89. The van der Waals surface area contributed by atoms with Crippen LogP contribution in [0.4, 0.5) is 0 Å². The summed E-state index contributed by atoms with van der Waals surface area (Å²) in [6.07, 6.45) is 1.94. The maximum Gasteiger partial charge on any atom is 0.155 e. The van der Waals surface area contributed by atoms with E-state index in [1.54, 1.807) is 11.3 Å². The van der Waals surface area contributed by atoms with E-state index in [1.807, 2.05) is 30.8 Å². The summed E-state index contributed by atoms with van der Waals surface area (Å²) in [7, 11) is 1.92. The van der Waals surface area contributed by atoms with Gasteiger partial charge in [-0.15, -0.1) is 11.3 Å². The summed E-state index contributed by atoms with van der Waals surface area (Å²) >= 11 is 1.56. The van der Waals surface area contributed by atoms with E-state index < -0.39 is 0 Å². The van der Waals surface area contributed by atoms with Crippen LogP contribution in [0.2, 0.25) is 0 Å². The lowest BCUT2D eigenvalue weighted by Gasteiger charge is -2.01. The van der Waals surface area contributed by atoms with Gasteiger partial charge in [-0.2, -0.15) is 0 Å². The van der Waals surface area contributed by atoms with Gasteiger partial charge in [0, 0.05) is 19.3 Å². The van der Waals surface area contributed by atoms with Crippen LogP contribution in [-0.2, 0) is 7.05 Å². The van der Waals surface area contributed by atoms with E-state index in [4.69, 9.17) is 5.73 Å². The van der Waals surface area contributed by atoms with Crippen LogP contribution < -0.4 is 5.73 Å². The quantitative estimate of drug-likeness (QED) is 0.732. The largest absolute Gasteiger partial charge is 0.505 e. The van der Waals surface area contributed by atoms with E-state index in [0.29, 0.717) is 5.75 Å². The number of hydrogen-bond donors (Lipinski definition) is 2. The number of thiophene rings is 1. The molecule has 0 amide bonds. The van der Waals surface area contributed by atoms with Crippen LogP contribution >= 0.6 is 11.3 Å². The maximum absolute atomic E-state index is 9.84. The lowest BCUT2D eigenvalue weighted by Crippen LogP contribution is -2.02. The fraction of sp³-hybridized carbons (Fsp3) is 0.333. The molecule has 4 heteroatoms. The van der Waals surface area contributed by atoms with Crippen molar-refractivity contribution in [1.82, 2.24) is 4.57 Å². The fourth-order valence-corrected chi connectivity index (χ4v) is 2.55. The third-order valence-corrected chi connectivity index (χ3v) is 3.46. The lowest BCUT2D eigenvalue weighted by atomic mass is 10.2. The molecular formula is C9H12N2OS. The van der Waals surface area contributed by atoms with Crippen molar-refractivity contribution in [2.45, 2.75) is 13.0 Å². The van der Waals surface area contributed by atoms with E-state index in [2.05, 4.69) is 0 Å². The molecule has 0 saturated carbocycles. The number of aryl methyl sites for hydroxylation is 1. The second-order valence-electron chi connectivity index (χ2n) is 3.24. The molecule has 0 saturated heterocycles. The Hall–Kier alpha value is -1.00. The van der Waals surface area contributed by atoms with Crippen LogP contribution in [0.15, 0.2) is 12.3 Å². The van der Waals surface area contributed by atoms with E-state index in [9.17, 15) is 5.11 Å². The van der Waals surface area contributed by atoms with Gasteiger partial charge in [0.05, 0.1) is 9.58 Å². The van der Waals surface area contributed by atoms with Crippen molar-refractivity contribution in [2.75, 3.05) is 0 Å². The predicted octanol–water partition coefficient (Wildman–Crippen LogP) is 1.97. The van der Waals surface area contributed by atoms with Crippen LogP contribution in [0, 0.1) is 0 Å². The average Bonchev–Trinajstić information content (AvgIpc) is 2.55. The third kappa shape index (κ3) is 1.14. The van der Waals surface area contributed by atoms with Crippen LogP contribution in [0.3, 0.4) is 0 Å². The van der Waals surface area contributed by atoms with Gasteiger partial charge in [-0.3, -0.25) is 0 Å². The zero-order valence-electron chi connectivity index (χ0n) is 7.61. The minimum absolute atomic E-state index is 0.0996. The summed E-state index contributed by atoms with van der Waals surface area (Å²) in [5.41, 5.74) is 6.62. The molecule has 0 aliphatic carbocycles. The minimum atomic E-state index is -0.0996. The molecule has 1 unspecified atom stereocenters. The van der Waals surface area contributed by atoms with Crippen molar-refractivity contribution >= 4 is 21.6 Å². The number of fused-ring (bicyclic) bond motifs is 1. The molecule has 0 aromatic carbocycles. The highest BCUT2D eigenvalue weighted by atomic mass is 32.1. The Balaban J connectivity index is 2.75. The molecule has 0 radical (unpaired) electrons. The standard InChI is InChI=1S/C9H12N2OS/c1-5(10)9-8(12)7-6(13-9)3-4-11(7)2/h3-5,12H,10H2,1-2H3. The van der Waals surface area contributed by atoms with Crippen molar-refractivity contribution < 1.29 is 5.11 Å². The van der Waals surface area contributed by atoms with Gasteiger partial charge >= 0.3 is 0 Å². The highest BCUT2D eigenvalue weighted by Gasteiger charge is 2.15. The van der Waals surface area contributed by atoms with Crippen LogP contribution in [0.25, 0.3) is 10.2 Å². The zero-order valence-corrected chi connectivity index (χ0v) is 8.43. The molecule has 0 aliphatic rings. The Morgan fingerprint density at radius 3 is 2.85 bits per heavy atom. The Labute approximate surface area is 80.4 Å². The smallest absolute Gasteiger partial charge is 0.155 e. The second-order valence-corrected chi connectivity index (χ2v) is 4.33. The Bertz CT molecular complexity index is 442. The SMILES string of the molecule is CC(N)c1sc2ccn(C)c2c1O. The number of nitrogens with zero attached hydrogens (tertiary/aromatic N) is 1. The monoisotopic (exact) mass is 196 g/mol. The summed E-state index contributed by atoms with van der Waals surface area (Å²) in [6.45, 7) is 1.88. The van der Waals surface area contributed by atoms with Crippen molar-refractivity contribution in [1.29, 1.82) is 0 Å². The molecule has 2 aromatic rings. The number of hydrogen-bond acceptors (Lipinski definition) is 3. The van der Waals surface area contributed by atoms with E-state index >= 15 is 0 Å². The molecule has 0 spiro atoms. The second kappa shape index (κ2) is 2.75. The van der Waals surface area contributed by atoms with Crippen LogP contribution in [0.5, 0.6) is 5.75 Å². The first-order valence-electron chi connectivity index (χ1n) is 4.13. The first kappa shape index (κ1) is 8.59. The van der Waals surface area contributed by atoms with E-state index in [1.165, 1.54) is 0 Å². The van der Waals surface area contributed by atoms with Gasteiger partial charge < -0.3 is 15.4 Å². The minimum Gasteiger partial charge on any atom is -0.505 e. The Kier molecular flexibility index (Phi) is 1.82. The van der Waals surface area contributed by atoms with Gasteiger partial charge in [0.2, 0.25) is 0 Å². The highest BCUT2D eigenvalue weighted by Crippen LogP contribution is 2.39. The van der Waals surface area contributed by atoms with Crippen LogP contribution in [-0.4, -0.2) is 9.67 Å². The van der Waals surface area contributed by atoms with Crippen LogP contribution in [0.1, 0.15) is 17.8 Å². The molecule has 0 fully saturated rings. The first-order valence-corrected chi connectivity index (χ1v) is 4.95. The molecule has 70 valence electrons. The van der Waals surface area contributed by atoms with Gasteiger partial charge in [-0.25, -0.2) is 0 Å². The topological polar surface area (TPSA) is 51.2 Å². The molecule has 3 N–H and O–H groups in total. The Morgan fingerprint density at radius 1 is 1.62 bits per heavy atom. The van der Waals surface area contributed by atoms with Crippen molar-refractivity contribution in [3.63, 3.8) is 0 Å². The molecule has 13 heavy (non-hydrogen) atoms. The van der Waals surface area contributed by atoms with E-state index in [0.717, 1.165) is 15.1 Å². The van der Waals surface area contributed by atoms with Gasteiger partial charge in [-0.1, -0.05) is 0 Å². The third-order valence-electron chi connectivity index (χ3n) is 2.13. The van der Waals surface area contributed by atoms with E-state index in [-0.39, 0.29) is 6.04 Å². The van der Waals surface area contributed by atoms with Gasteiger partial charge in [0.1, 0.15) is 5.52 Å². The molecule has 1 atom stereocenters. The molecule has 3 nitrogen and oxygen atoms in total. The van der Waals surface area contributed by atoms with Gasteiger partial charge in [0.25, 0.3) is 0 Å². The maximum atomic E-state index is 9.84. The number of rotatable bonds is 1. The van der Waals surface area contributed by atoms with Gasteiger partial charge in [0.15, 0.2) is 5.75 Å². The van der Waals surface area contributed by atoms with Crippen molar-refractivity contribution in [3.8, 4) is 5.75 Å². The average molecular weight is 196 g/mol.